The predicted octanol–water partition coefficient (Wildman–Crippen LogP) is 5.33. The first kappa shape index (κ1) is 27.8. The lowest BCUT2D eigenvalue weighted by Gasteiger charge is -2.47. The number of pyridine rings is 1. The van der Waals surface area contributed by atoms with E-state index >= 15 is 0 Å². The lowest BCUT2D eigenvalue weighted by atomic mass is 9.63. The SMILES string of the molecule is Cc1ccccc1-c1noc(C2CC2)c1C1=CC2(CCN(c3ccc4nc(C(=O)NS(C)(=O)=O)cc(CO)c4c3)CC2)C1. The molecule has 9 nitrogen and oxygen atoms in total. The van der Waals surface area contributed by atoms with Gasteiger partial charge in [0.2, 0.25) is 10.0 Å². The highest BCUT2D eigenvalue weighted by molar-refractivity contribution is 7.89. The number of nitrogens with zero attached hydrogens (tertiary/aromatic N) is 3. The number of nitrogens with one attached hydrogen (secondary N) is 1. The van der Waals surface area contributed by atoms with Gasteiger partial charge in [-0.15, -0.1) is 0 Å². The summed E-state index contributed by atoms with van der Waals surface area (Å²) in [5, 5.41) is 15.4. The zero-order valence-corrected chi connectivity index (χ0v) is 25.1. The van der Waals surface area contributed by atoms with Gasteiger partial charge in [0.25, 0.3) is 5.91 Å². The molecule has 1 saturated heterocycles. The number of allylic oxidation sites excluding steroid dienone is 2. The zero-order chi connectivity index (χ0) is 29.9. The average Bonchev–Trinajstić information content (AvgIpc) is 3.73. The largest absolute Gasteiger partial charge is 0.392 e. The molecule has 1 amide bonds. The van der Waals surface area contributed by atoms with E-state index in [9.17, 15) is 18.3 Å². The van der Waals surface area contributed by atoms with Gasteiger partial charge in [0.1, 0.15) is 17.1 Å². The van der Waals surface area contributed by atoms with Gasteiger partial charge in [-0.25, -0.2) is 18.1 Å². The Labute approximate surface area is 250 Å². The van der Waals surface area contributed by atoms with Crippen molar-refractivity contribution in [1.82, 2.24) is 14.9 Å². The Morgan fingerprint density at radius 3 is 2.56 bits per heavy atom. The first-order valence-electron chi connectivity index (χ1n) is 14.7. The van der Waals surface area contributed by atoms with Crippen molar-refractivity contribution < 1.29 is 22.8 Å². The minimum atomic E-state index is -3.73. The molecule has 0 atom stereocenters. The fraction of sp³-hybridized carbons (Fsp3) is 0.364. The minimum absolute atomic E-state index is 0.0505. The first-order chi connectivity index (χ1) is 20.6. The summed E-state index contributed by atoms with van der Waals surface area (Å²) in [6.45, 7) is 3.62. The molecule has 10 heteroatoms. The minimum Gasteiger partial charge on any atom is -0.392 e. The lowest BCUT2D eigenvalue weighted by Crippen LogP contribution is -2.42. The third-order valence-corrected chi connectivity index (χ3v) is 9.65. The molecule has 2 aromatic carbocycles. The summed E-state index contributed by atoms with van der Waals surface area (Å²) in [7, 11) is -3.73. The van der Waals surface area contributed by atoms with Gasteiger partial charge in [-0.05, 0) is 85.4 Å². The molecule has 7 rings (SSSR count). The number of aryl methyl sites for hydroxylation is 1. The Morgan fingerprint density at radius 2 is 1.88 bits per heavy atom. The van der Waals surface area contributed by atoms with Crippen LogP contribution in [0.15, 0.2) is 59.1 Å². The maximum absolute atomic E-state index is 12.4. The van der Waals surface area contributed by atoms with Crippen molar-refractivity contribution in [2.24, 2.45) is 5.41 Å². The van der Waals surface area contributed by atoms with Gasteiger partial charge >= 0.3 is 0 Å². The molecule has 2 fully saturated rings. The second-order valence-electron chi connectivity index (χ2n) is 12.3. The van der Waals surface area contributed by atoms with Crippen LogP contribution in [0.4, 0.5) is 5.69 Å². The van der Waals surface area contributed by atoms with E-state index in [1.807, 2.05) is 22.9 Å². The molecule has 2 N–H and O–H groups in total. The fourth-order valence-corrected chi connectivity index (χ4v) is 7.06. The van der Waals surface area contributed by atoms with Gasteiger partial charge in [0, 0.05) is 41.2 Å². The maximum atomic E-state index is 12.4. The van der Waals surface area contributed by atoms with Crippen molar-refractivity contribution >= 4 is 38.1 Å². The second-order valence-corrected chi connectivity index (χ2v) is 14.0. The Kier molecular flexibility index (Phi) is 6.66. The molecule has 1 saturated carbocycles. The molecular weight excluding hydrogens is 564 g/mol. The summed E-state index contributed by atoms with van der Waals surface area (Å²) in [6, 6.07) is 15.6. The van der Waals surface area contributed by atoms with Crippen molar-refractivity contribution in [3.8, 4) is 11.3 Å². The van der Waals surface area contributed by atoms with Gasteiger partial charge in [-0.1, -0.05) is 35.5 Å². The van der Waals surface area contributed by atoms with E-state index in [0.717, 1.165) is 79.5 Å². The van der Waals surface area contributed by atoms with E-state index in [2.05, 4.69) is 52.3 Å². The van der Waals surface area contributed by atoms with Crippen LogP contribution in [0.3, 0.4) is 0 Å². The summed E-state index contributed by atoms with van der Waals surface area (Å²) in [5.41, 5.74) is 8.09. The molecule has 1 spiro atoms. The van der Waals surface area contributed by atoms with Gasteiger partial charge in [-0.2, -0.15) is 0 Å². The number of rotatable bonds is 7. The molecular formula is C33H34N4O5S. The number of hydrogen-bond donors (Lipinski definition) is 2. The van der Waals surface area contributed by atoms with Crippen LogP contribution in [0, 0.1) is 12.3 Å². The van der Waals surface area contributed by atoms with Crippen LogP contribution >= 0.6 is 0 Å². The number of fused-ring (bicyclic) bond motifs is 1. The van der Waals surface area contributed by atoms with Crippen LogP contribution in [0.1, 0.15) is 71.0 Å². The van der Waals surface area contributed by atoms with Crippen LogP contribution in [-0.4, -0.2) is 48.9 Å². The number of piperidine rings is 1. The Morgan fingerprint density at radius 1 is 1.14 bits per heavy atom. The maximum Gasteiger partial charge on any atom is 0.283 e. The first-order valence-corrected chi connectivity index (χ1v) is 16.6. The van der Waals surface area contributed by atoms with E-state index in [4.69, 9.17) is 4.52 Å². The molecule has 2 aromatic heterocycles. The topological polar surface area (TPSA) is 126 Å². The highest BCUT2D eigenvalue weighted by atomic mass is 32.2. The van der Waals surface area contributed by atoms with Gasteiger partial charge in [-0.3, -0.25) is 4.79 Å². The molecule has 3 heterocycles. The molecule has 3 aliphatic rings. The monoisotopic (exact) mass is 598 g/mol. The summed E-state index contributed by atoms with van der Waals surface area (Å²) < 4.78 is 30.9. The van der Waals surface area contributed by atoms with E-state index in [-0.39, 0.29) is 17.7 Å². The van der Waals surface area contributed by atoms with E-state index in [0.29, 0.717) is 17.0 Å². The molecule has 0 unspecified atom stereocenters. The van der Waals surface area contributed by atoms with Crippen LogP contribution in [0.5, 0.6) is 0 Å². The summed E-state index contributed by atoms with van der Waals surface area (Å²) in [4.78, 5) is 19.1. The standard InChI is InChI=1S/C33H34N4O5S/c1-20-5-3-4-6-25(20)30-29(31(42-35-30)21-7-8-21)23-17-33(18-23)11-13-37(14-12-33)24-9-10-27-26(16-24)22(19-38)15-28(34-27)32(39)36-43(2,40)41/h3-6,9-10,15-17,21,38H,7-8,11-14,18-19H2,1-2H3,(H,36,39). The summed E-state index contributed by atoms with van der Waals surface area (Å²) >= 11 is 0. The molecule has 43 heavy (non-hydrogen) atoms. The number of anilines is 1. The predicted molar refractivity (Wildman–Crippen MR) is 165 cm³/mol. The van der Waals surface area contributed by atoms with Crippen LogP contribution in [0.25, 0.3) is 27.7 Å². The second kappa shape index (κ2) is 10.3. The van der Waals surface area contributed by atoms with Crippen LogP contribution in [0.2, 0.25) is 0 Å². The smallest absolute Gasteiger partial charge is 0.283 e. The number of aliphatic hydroxyl groups is 1. The number of hydrogen-bond acceptors (Lipinski definition) is 8. The number of amides is 1. The Hall–Kier alpha value is -4.02. The molecule has 2 aliphatic carbocycles. The molecule has 222 valence electrons. The van der Waals surface area contributed by atoms with Crippen molar-refractivity contribution in [3.05, 3.63) is 82.8 Å². The molecule has 4 aromatic rings. The van der Waals surface area contributed by atoms with E-state index in [1.165, 1.54) is 22.8 Å². The summed E-state index contributed by atoms with van der Waals surface area (Å²) in [5.74, 6) is 0.716. The highest BCUT2D eigenvalue weighted by Crippen LogP contribution is 2.55. The lowest BCUT2D eigenvalue weighted by molar-refractivity contribution is 0.0977. The van der Waals surface area contributed by atoms with Gasteiger partial charge in [0.05, 0.1) is 18.4 Å². The van der Waals surface area contributed by atoms with Crippen molar-refractivity contribution in [3.63, 3.8) is 0 Å². The molecule has 0 radical (unpaired) electrons. The average molecular weight is 599 g/mol. The van der Waals surface area contributed by atoms with Crippen molar-refractivity contribution in [2.75, 3.05) is 24.2 Å². The van der Waals surface area contributed by atoms with Crippen LogP contribution < -0.4 is 9.62 Å². The Balaban J connectivity index is 1.11. The molecule has 0 bridgehead atoms. The third-order valence-electron chi connectivity index (χ3n) is 9.09. The Bertz CT molecular complexity index is 1900. The van der Waals surface area contributed by atoms with E-state index in [1.54, 1.807) is 0 Å². The highest BCUT2D eigenvalue weighted by Gasteiger charge is 2.44. The number of sulfonamides is 1. The third kappa shape index (κ3) is 5.23. The molecule has 1 aliphatic heterocycles. The van der Waals surface area contributed by atoms with Gasteiger partial charge < -0.3 is 14.5 Å². The number of carbonyl (C=O) groups is 1. The zero-order valence-electron chi connectivity index (χ0n) is 24.3. The number of aliphatic hydroxyl groups excluding tert-OH is 1. The van der Waals surface area contributed by atoms with Crippen molar-refractivity contribution in [1.29, 1.82) is 0 Å². The van der Waals surface area contributed by atoms with Crippen LogP contribution in [-0.2, 0) is 16.6 Å². The van der Waals surface area contributed by atoms with E-state index < -0.39 is 15.9 Å². The number of aromatic nitrogens is 2. The van der Waals surface area contributed by atoms with Crippen molar-refractivity contribution in [2.45, 2.75) is 51.6 Å². The normalized spacial score (nSPS) is 18.0. The fourth-order valence-electron chi connectivity index (χ4n) is 6.62. The number of benzene rings is 2. The summed E-state index contributed by atoms with van der Waals surface area (Å²) in [6.07, 6.45) is 8.81. The quantitative estimate of drug-likeness (QED) is 0.292. The van der Waals surface area contributed by atoms with Gasteiger partial charge in [0.15, 0.2) is 0 Å². The number of carbonyl (C=O) groups excluding carboxylic acids is 1.